The third kappa shape index (κ3) is 3.17. The van der Waals surface area contributed by atoms with E-state index in [1.807, 2.05) is 66.9 Å². The maximum atomic E-state index is 12.7. The highest BCUT2D eigenvalue weighted by Gasteiger charge is 2.72. The summed E-state index contributed by atoms with van der Waals surface area (Å²) in [6.07, 6.45) is 1.52. The molecule has 6 nitrogen and oxygen atoms in total. The van der Waals surface area contributed by atoms with Gasteiger partial charge in [0.25, 0.3) is 0 Å². The van der Waals surface area contributed by atoms with Crippen LogP contribution in [0.4, 0.5) is 0 Å². The van der Waals surface area contributed by atoms with Gasteiger partial charge in [-0.15, -0.1) is 0 Å². The third-order valence-electron chi connectivity index (χ3n) is 6.11. The molecule has 4 atom stereocenters. The molecule has 4 rings (SSSR count). The van der Waals surface area contributed by atoms with Crippen molar-refractivity contribution in [2.24, 2.45) is 0 Å². The molecule has 0 saturated carbocycles. The highest BCUT2D eigenvalue weighted by Crippen LogP contribution is 2.62. The van der Waals surface area contributed by atoms with Crippen LogP contribution in [-0.4, -0.2) is 40.6 Å². The third-order valence-corrected chi connectivity index (χ3v) is 8.11. The molecule has 160 valence electrons. The lowest BCUT2D eigenvalue weighted by atomic mass is 9.67. The van der Waals surface area contributed by atoms with E-state index in [9.17, 15) is 4.57 Å². The first-order chi connectivity index (χ1) is 13.3. The van der Waals surface area contributed by atoms with Gasteiger partial charge in [0.1, 0.15) is 17.3 Å². The van der Waals surface area contributed by atoms with Gasteiger partial charge in [0.2, 0.25) is 0 Å². The van der Waals surface area contributed by atoms with Crippen LogP contribution >= 0.6 is 24.2 Å². The highest BCUT2D eigenvalue weighted by atomic mass is 79.9. The smallest absolute Gasteiger partial charge is 0.320 e. The normalized spacial score (nSPS) is 37.3. The van der Waals surface area contributed by atoms with Crippen LogP contribution in [0.2, 0.25) is 0 Å². The van der Waals surface area contributed by atoms with Crippen LogP contribution < -0.4 is 0 Å². The van der Waals surface area contributed by atoms with Crippen molar-refractivity contribution >= 4 is 28.7 Å². The molecule has 2 saturated heterocycles. The second-order valence-electron chi connectivity index (χ2n) is 9.49. The van der Waals surface area contributed by atoms with Crippen LogP contribution in [0.3, 0.4) is 0 Å². The molecule has 0 amide bonds. The van der Waals surface area contributed by atoms with Crippen molar-refractivity contribution in [2.75, 3.05) is 7.05 Å². The Morgan fingerprint density at radius 2 is 1.72 bits per heavy atom. The molecule has 0 radical (unpaired) electrons. The van der Waals surface area contributed by atoms with Gasteiger partial charge in [0.05, 0.1) is 6.04 Å². The van der Waals surface area contributed by atoms with Crippen LogP contribution in [-0.2, 0) is 23.1 Å². The zero-order chi connectivity index (χ0) is 21.4. The van der Waals surface area contributed by atoms with Crippen molar-refractivity contribution < 1.29 is 23.1 Å². The number of nitrogens with zero attached hydrogens (tertiary/aromatic N) is 1. The van der Waals surface area contributed by atoms with Crippen molar-refractivity contribution in [3.05, 3.63) is 41.6 Å². The van der Waals surface area contributed by atoms with E-state index in [-0.39, 0.29) is 6.04 Å². The zero-order valence-electron chi connectivity index (χ0n) is 17.9. The number of benzene rings is 1. The van der Waals surface area contributed by atoms with E-state index >= 15 is 0 Å². The van der Waals surface area contributed by atoms with Gasteiger partial charge in [-0.2, -0.15) is 0 Å². The van der Waals surface area contributed by atoms with Gasteiger partial charge in [0.15, 0.2) is 11.4 Å². The monoisotopic (exact) mass is 485 g/mol. The Hall–Kier alpha value is -0.690. The molecule has 1 aromatic rings. The van der Waals surface area contributed by atoms with Gasteiger partial charge >= 0.3 is 8.25 Å². The van der Waals surface area contributed by atoms with Crippen molar-refractivity contribution in [2.45, 2.75) is 76.3 Å². The SMILES string of the molecule is CN1C=C(Br)c2ccccc2C1C12OC(C)(C)OC1C(C)(C)O[PH](=O)OC2(C)C. The lowest BCUT2D eigenvalue weighted by Crippen LogP contribution is -2.67. The Morgan fingerprint density at radius 1 is 1.07 bits per heavy atom. The fourth-order valence-corrected chi connectivity index (χ4v) is 6.93. The minimum Gasteiger partial charge on any atom is -0.369 e. The van der Waals surface area contributed by atoms with E-state index in [0.717, 1.165) is 15.6 Å². The van der Waals surface area contributed by atoms with Crippen LogP contribution in [0.25, 0.3) is 4.48 Å². The van der Waals surface area contributed by atoms with E-state index in [1.165, 1.54) is 0 Å². The molecular formula is C21H29BrNO5P. The molecule has 4 unspecified atom stereocenters. The molecule has 0 aliphatic carbocycles. The average Bonchev–Trinajstić information content (AvgIpc) is 2.85. The Balaban J connectivity index is 2.02. The summed E-state index contributed by atoms with van der Waals surface area (Å²) < 4.78 is 38.9. The predicted octanol–water partition coefficient (Wildman–Crippen LogP) is 5.25. The minimum atomic E-state index is -2.75. The average molecular weight is 486 g/mol. The molecular weight excluding hydrogens is 457 g/mol. The standard InChI is InChI=1S/C21H29BrNO5P/c1-18(2)17-21(26-20(5,6)25-17,19(3,4)28-29(24)27-18)16-14-11-9-8-10-13(14)15(22)12-23(16)7/h8-12,16-17,29H,1-7H3. The number of hydrogen-bond acceptors (Lipinski definition) is 6. The van der Waals surface area contributed by atoms with Crippen LogP contribution in [0, 0.1) is 0 Å². The van der Waals surface area contributed by atoms with Gasteiger partial charge < -0.3 is 23.4 Å². The second-order valence-corrected chi connectivity index (χ2v) is 11.3. The van der Waals surface area contributed by atoms with Crippen molar-refractivity contribution in [1.29, 1.82) is 0 Å². The fraction of sp³-hybridized carbons (Fsp3) is 0.619. The fourth-order valence-electron chi connectivity index (χ4n) is 5.09. The highest BCUT2D eigenvalue weighted by molar-refractivity contribution is 9.15. The predicted molar refractivity (Wildman–Crippen MR) is 116 cm³/mol. The van der Waals surface area contributed by atoms with E-state index in [1.54, 1.807) is 0 Å². The number of likely N-dealkylation sites (N-methyl/N-ethyl adjacent to an activating group) is 1. The molecule has 3 aliphatic heterocycles. The van der Waals surface area contributed by atoms with Gasteiger partial charge in [0, 0.05) is 17.7 Å². The van der Waals surface area contributed by atoms with Gasteiger partial charge in [-0.1, -0.05) is 24.3 Å². The maximum Gasteiger partial charge on any atom is 0.320 e. The van der Waals surface area contributed by atoms with Crippen LogP contribution in [0.1, 0.15) is 58.7 Å². The summed E-state index contributed by atoms with van der Waals surface area (Å²) in [5, 5.41) is 0. The first kappa shape index (κ1) is 21.5. The molecule has 0 N–H and O–H groups in total. The summed E-state index contributed by atoms with van der Waals surface area (Å²) >= 11 is 3.69. The molecule has 8 heteroatoms. The van der Waals surface area contributed by atoms with Crippen molar-refractivity contribution in [3.8, 4) is 0 Å². The lowest BCUT2D eigenvalue weighted by Gasteiger charge is -2.53. The van der Waals surface area contributed by atoms with Crippen LogP contribution in [0.5, 0.6) is 0 Å². The first-order valence-electron chi connectivity index (χ1n) is 9.79. The summed E-state index contributed by atoms with van der Waals surface area (Å²) in [6.45, 7) is 11.4. The summed E-state index contributed by atoms with van der Waals surface area (Å²) in [5.41, 5.74) is -0.662. The second kappa shape index (κ2) is 6.65. The van der Waals surface area contributed by atoms with Crippen molar-refractivity contribution in [3.63, 3.8) is 0 Å². The topological polar surface area (TPSA) is 57.2 Å². The molecule has 3 aliphatic rings. The number of ether oxygens (including phenoxy) is 2. The zero-order valence-corrected chi connectivity index (χ0v) is 20.5. The summed E-state index contributed by atoms with van der Waals surface area (Å²) in [6, 6.07) is 7.97. The molecule has 0 bridgehead atoms. The Labute approximate surface area is 181 Å². The first-order valence-corrected chi connectivity index (χ1v) is 11.8. The molecule has 0 aromatic heterocycles. The number of rotatable bonds is 1. The summed E-state index contributed by atoms with van der Waals surface area (Å²) in [4.78, 5) is 2.12. The number of fused-ring (bicyclic) bond motifs is 2. The molecule has 29 heavy (non-hydrogen) atoms. The number of hydrogen-bond donors (Lipinski definition) is 0. The van der Waals surface area contributed by atoms with E-state index in [2.05, 4.69) is 33.0 Å². The summed E-state index contributed by atoms with van der Waals surface area (Å²) in [7, 11) is -0.739. The molecule has 3 heterocycles. The van der Waals surface area contributed by atoms with E-state index < -0.39 is 36.9 Å². The van der Waals surface area contributed by atoms with E-state index in [0.29, 0.717) is 0 Å². The largest absolute Gasteiger partial charge is 0.369 e. The quantitative estimate of drug-likeness (QED) is 0.506. The van der Waals surface area contributed by atoms with Gasteiger partial charge in [-0.25, -0.2) is 0 Å². The minimum absolute atomic E-state index is 0.252. The maximum absolute atomic E-state index is 12.7. The van der Waals surface area contributed by atoms with Gasteiger partial charge in [-0.3, -0.25) is 4.57 Å². The Morgan fingerprint density at radius 3 is 2.41 bits per heavy atom. The van der Waals surface area contributed by atoms with Crippen LogP contribution in [0.15, 0.2) is 30.5 Å². The molecule has 0 spiro atoms. The lowest BCUT2D eigenvalue weighted by molar-refractivity contribution is -0.218. The number of halogens is 1. The Bertz CT molecular complexity index is 899. The van der Waals surface area contributed by atoms with Gasteiger partial charge in [-0.05, 0) is 68.6 Å². The Kier molecular flexibility index (Phi) is 4.94. The van der Waals surface area contributed by atoms with Crippen molar-refractivity contribution in [1.82, 2.24) is 4.90 Å². The summed E-state index contributed by atoms with van der Waals surface area (Å²) in [5.74, 6) is -0.868. The molecule has 2 fully saturated rings. The molecule has 1 aromatic carbocycles. The van der Waals surface area contributed by atoms with E-state index in [4.69, 9.17) is 18.5 Å².